The molecule has 298 valence electrons. The van der Waals surface area contributed by atoms with Crippen molar-refractivity contribution in [3.63, 3.8) is 0 Å². The Bertz CT molecular complexity index is 1550. The maximum absolute atomic E-state index is 12.9. The number of carbonyl (C=O) groups is 4. The van der Waals surface area contributed by atoms with Crippen molar-refractivity contribution >= 4 is 23.9 Å². The van der Waals surface area contributed by atoms with Gasteiger partial charge in [-0.15, -0.1) is 0 Å². The summed E-state index contributed by atoms with van der Waals surface area (Å²) in [5.74, 6) is -10.3. The molecule has 2 aliphatic heterocycles. The predicted octanol–water partition coefficient (Wildman–Crippen LogP) is -5.99. The molecular formula is C35H47O18-3. The topological polar surface area (TPSA) is 327 Å². The van der Waals surface area contributed by atoms with Crippen LogP contribution in [0, 0.1) is 28.6 Å². The lowest BCUT2D eigenvalue weighted by atomic mass is 9.33. The fourth-order valence-electron chi connectivity index (χ4n) is 12.2. The van der Waals surface area contributed by atoms with E-state index in [1.54, 1.807) is 6.92 Å². The van der Waals surface area contributed by atoms with Crippen molar-refractivity contribution in [1.82, 2.24) is 0 Å². The molecule has 0 aromatic heterocycles. The number of carboxylic acid groups (broad SMARTS) is 3. The molecule has 0 spiro atoms. The molecule has 18 nitrogen and oxygen atoms in total. The molecule has 0 aromatic carbocycles. The number of ether oxygens (including phenoxy) is 3. The van der Waals surface area contributed by atoms with E-state index in [-0.39, 0.29) is 25.9 Å². The molecule has 16 atom stereocenters. The van der Waals surface area contributed by atoms with Crippen molar-refractivity contribution in [3.05, 3.63) is 11.6 Å². The highest BCUT2D eigenvalue weighted by molar-refractivity contribution is 5.85. The first-order chi connectivity index (χ1) is 24.5. The predicted molar refractivity (Wildman–Crippen MR) is 164 cm³/mol. The largest absolute Gasteiger partial charge is 0.550 e. The van der Waals surface area contributed by atoms with E-state index in [2.05, 4.69) is 0 Å². The van der Waals surface area contributed by atoms with Crippen molar-refractivity contribution in [1.29, 1.82) is 0 Å². The van der Waals surface area contributed by atoms with Gasteiger partial charge in [-0.2, -0.15) is 0 Å². The molecule has 1 saturated heterocycles. The minimum absolute atomic E-state index is 0.0265. The van der Waals surface area contributed by atoms with E-state index in [1.165, 1.54) is 13.0 Å². The minimum Gasteiger partial charge on any atom is -0.550 e. The van der Waals surface area contributed by atoms with E-state index in [0.717, 1.165) is 0 Å². The number of hydrogen-bond donors (Lipinski definition) is 8. The molecule has 0 radical (unpaired) electrons. The molecule has 0 amide bonds. The van der Waals surface area contributed by atoms with Gasteiger partial charge in [0.2, 0.25) is 0 Å². The zero-order valence-corrected chi connectivity index (χ0v) is 29.3. The number of rotatable bonds is 10. The van der Waals surface area contributed by atoms with Gasteiger partial charge in [-0.05, 0) is 56.4 Å². The maximum atomic E-state index is 12.9. The Balaban J connectivity index is 1.54. The van der Waals surface area contributed by atoms with E-state index in [0.29, 0.717) is 5.57 Å². The summed E-state index contributed by atoms with van der Waals surface area (Å²) in [5.41, 5.74) is -14.0. The minimum atomic E-state index is -3.01. The van der Waals surface area contributed by atoms with Gasteiger partial charge in [0.1, 0.15) is 24.9 Å². The molecule has 4 aliphatic carbocycles. The average Bonchev–Trinajstić information content (AvgIpc) is 3.56. The zero-order valence-electron chi connectivity index (χ0n) is 29.3. The summed E-state index contributed by atoms with van der Waals surface area (Å²) in [6, 6.07) is 0. The number of aliphatic hydroxyl groups is 8. The van der Waals surface area contributed by atoms with Crippen LogP contribution in [0.25, 0.3) is 0 Å². The van der Waals surface area contributed by atoms with E-state index < -0.39 is 163 Å². The molecule has 5 fully saturated rings. The highest BCUT2D eigenvalue weighted by atomic mass is 16.7. The molecule has 0 aromatic rings. The van der Waals surface area contributed by atoms with Gasteiger partial charge in [0.15, 0.2) is 6.29 Å². The molecule has 1 unspecified atom stereocenters. The van der Waals surface area contributed by atoms with Crippen LogP contribution in [0.1, 0.15) is 78.1 Å². The fraction of sp³-hybridized carbons (Fsp3) is 0.829. The smallest absolute Gasteiger partial charge is 0.331 e. The van der Waals surface area contributed by atoms with Crippen LogP contribution >= 0.6 is 0 Å². The molecule has 0 bridgehead atoms. The lowest BCUT2D eigenvalue weighted by Gasteiger charge is -2.75. The lowest BCUT2D eigenvalue weighted by molar-refractivity contribution is -0.394. The second kappa shape index (κ2) is 13.2. The molecule has 2 heterocycles. The first-order valence-corrected chi connectivity index (χ1v) is 17.9. The number of esters is 1. The van der Waals surface area contributed by atoms with Gasteiger partial charge in [-0.3, -0.25) is 0 Å². The van der Waals surface area contributed by atoms with Gasteiger partial charge in [0, 0.05) is 67.4 Å². The van der Waals surface area contributed by atoms with E-state index >= 15 is 0 Å². The Hall–Kier alpha value is -2.78. The van der Waals surface area contributed by atoms with Crippen molar-refractivity contribution < 1.29 is 89.6 Å². The summed E-state index contributed by atoms with van der Waals surface area (Å²) in [4.78, 5) is 49.3. The second-order valence-corrected chi connectivity index (χ2v) is 16.6. The van der Waals surface area contributed by atoms with E-state index in [9.17, 15) is 75.3 Å². The molecule has 18 heteroatoms. The zero-order chi connectivity index (χ0) is 39.3. The quantitative estimate of drug-likeness (QED) is 0.0760. The Morgan fingerprint density at radius 2 is 1.60 bits per heavy atom. The Morgan fingerprint density at radius 1 is 0.943 bits per heavy atom. The second-order valence-electron chi connectivity index (χ2n) is 16.6. The summed E-state index contributed by atoms with van der Waals surface area (Å²) < 4.78 is 16.6. The Morgan fingerprint density at radius 3 is 2.19 bits per heavy atom. The van der Waals surface area contributed by atoms with Gasteiger partial charge in [0.25, 0.3) is 0 Å². The number of carbonyl (C=O) groups excluding carboxylic acids is 4. The Kier molecular flexibility index (Phi) is 9.91. The molecule has 6 rings (SSSR count). The molecular weight excluding hydrogens is 708 g/mol. The van der Waals surface area contributed by atoms with Crippen LogP contribution < -0.4 is 15.3 Å². The third-order valence-electron chi connectivity index (χ3n) is 13.9. The summed E-state index contributed by atoms with van der Waals surface area (Å²) >= 11 is 0. The fourth-order valence-corrected chi connectivity index (χ4v) is 12.2. The van der Waals surface area contributed by atoms with Gasteiger partial charge in [-0.25, -0.2) is 4.79 Å². The summed E-state index contributed by atoms with van der Waals surface area (Å²) in [5, 5.41) is 132. The van der Waals surface area contributed by atoms with E-state index in [1.807, 2.05) is 0 Å². The SMILES string of the molecule is C[C@@H]1O[C@@H](O[C@H]2C[C@](O)(CC(=O)[O-])[C@]3(C(O)CC(=O)[O-])[C@@H]4[C@@H](CC[C@]3(O)C2)[C@@]2(O)CC[C@H](C3=CC(=O)OC3)[C@@]2(C)C[C@]4(O)CC(=O)[O-])[C@H](O)[C@H](O)[C@H]1O. The molecule has 4 saturated carbocycles. The van der Waals surface area contributed by atoms with Crippen molar-refractivity contribution in [3.8, 4) is 0 Å². The number of hydrogen-bond acceptors (Lipinski definition) is 18. The van der Waals surface area contributed by atoms with Gasteiger partial charge in [-0.1, -0.05) is 6.92 Å². The highest BCUT2D eigenvalue weighted by Crippen LogP contribution is 2.76. The molecule has 6 aliphatic rings. The van der Waals surface area contributed by atoms with Crippen LogP contribution in [0.4, 0.5) is 0 Å². The monoisotopic (exact) mass is 755 g/mol. The van der Waals surface area contributed by atoms with E-state index in [4.69, 9.17) is 14.2 Å². The van der Waals surface area contributed by atoms with Crippen molar-refractivity contribution in [2.24, 2.45) is 28.6 Å². The lowest BCUT2D eigenvalue weighted by Crippen LogP contribution is -2.83. The first-order valence-electron chi connectivity index (χ1n) is 17.9. The number of fused-ring (bicyclic) bond motifs is 5. The third kappa shape index (κ3) is 5.83. The number of aliphatic hydroxyl groups excluding tert-OH is 4. The van der Waals surface area contributed by atoms with Crippen LogP contribution in [0.5, 0.6) is 0 Å². The van der Waals surface area contributed by atoms with Gasteiger partial charge >= 0.3 is 5.97 Å². The number of aliphatic carboxylic acids is 3. The van der Waals surface area contributed by atoms with Gasteiger partial charge < -0.3 is 84.8 Å². The molecule has 8 N–H and O–H groups in total. The van der Waals surface area contributed by atoms with Crippen molar-refractivity contribution in [2.75, 3.05) is 6.61 Å². The summed E-state index contributed by atoms with van der Waals surface area (Å²) in [6.45, 7) is 2.83. The molecule has 53 heavy (non-hydrogen) atoms. The standard InChI is InChI=1S/C35H50O18/c1-15-25(44)26(45)27(46)29(52-15)53-17-9-32(48)5-3-19-28(35(32,20(36)8-21(37)38)33(49,10-17)12-23(41)42)31(47,11-22(39)40)14-30(2)18(4-6-34(19,30)50)16-7-24(43)51-13-16/h7,15,17-20,25-29,36,44-50H,3-6,8-14H2,1-2H3,(H,37,38)(H,39,40)(H,41,42)/p-3/t15-,17+,18+,19+,20?,25-,26+,27+,28+,29-,30+,31+,32-,33-,34-,35+/m0/s1. The number of carboxylic acids is 3. The highest BCUT2D eigenvalue weighted by Gasteiger charge is 2.82. The van der Waals surface area contributed by atoms with Crippen molar-refractivity contribution in [2.45, 2.75) is 143 Å². The van der Waals surface area contributed by atoms with Crippen LogP contribution in [-0.4, -0.2) is 137 Å². The first kappa shape index (κ1) is 39.9. The Labute approximate surface area is 303 Å². The van der Waals surface area contributed by atoms with Crippen LogP contribution in [0.15, 0.2) is 11.6 Å². The van der Waals surface area contributed by atoms with Crippen LogP contribution in [-0.2, 0) is 33.4 Å². The van der Waals surface area contributed by atoms with Gasteiger partial charge in [0.05, 0.1) is 46.1 Å². The maximum Gasteiger partial charge on any atom is 0.331 e. The third-order valence-corrected chi connectivity index (χ3v) is 13.9. The normalized spacial score (nSPS) is 49.9. The summed E-state index contributed by atoms with van der Waals surface area (Å²) in [6.07, 6.45) is -17.3. The number of cyclic esters (lactones) is 1. The van der Waals surface area contributed by atoms with Crippen LogP contribution in [0.2, 0.25) is 0 Å². The average molecular weight is 756 g/mol. The van der Waals surface area contributed by atoms with Crippen LogP contribution in [0.3, 0.4) is 0 Å². The summed E-state index contributed by atoms with van der Waals surface area (Å²) in [7, 11) is 0.